The number of hydrogen-bond acceptors (Lipinski definition) is 3. The molecule has 13 heavy (non-hydrogen) atoms. The molecule has 0 radical (unpaired) electrons. The van der Waals surface area contributed by atoms with Crippen LogP contribution in [0.2, 0.25) is 0 Å². The third kappa shape index (κ3) is 1.09. The minimum Gasteiger partial charge on any atom is -0.478 e. The molecule has 5 heteroatoms. The highest BCUT2D eigenvalue weighted by Crippen LogP contribution is 2.31. The second-order valence-electron chi connectivity index (χ2n) is 2.65. The van der Waals surface area contributed by atoms with E-state index in [1.165, 1.54) is 18.4 Å². The van der Waals surface area contributed by atoms with Crippen molar-refractivity contribution in [3.63, 3.8) is 0 Å². The van der Waals surface area contributed by atoms with Gasteiger partial charge in [0.25, 0.3) is 0 Å². The van der Waals surface area contributed by atoms with Crippen molar-refractivity contribution in [1.82, 2.24) is 0 Å². The molecule has 0 aromatic heterocycles. The van der Waals surface area contributed by atoms with Gasteiger partial charge in [-0.05, 0) is 6.08 Å². The first-order valence-electron chi connectivity index (χ1n) is 3.62. The number of carbonyl (C=O) groups is 1. The van der Waals surface area contributed by atoms with Crippen molar-refractivity contribution in [1.29, 1.82) is 0 Å². The lowest BCUT2D eigenvalue weighted by Gasteiger charge is -2.11. The predicted octanol–water partition coefficient (Wildman–Crippen LogP) is 1.58. The van der Waals surface area contributed by atoms with E-state index < -0.39 is 17.8 Å². The molecule has 0 amide bonds. The van der Waals surface area contributed by atoms with E-state index in [0.717, 1.165) is 0 Å². The molecule has 1 atom stereocenters. The van der Waals surface area contributed by atoms with E-state index in [9.17, 15) is 9.18 Å². The smallest absolute Gasteiger partial charge is 0.338 e. The highest BCUT2D eigenvalue weighted by molar-refractivity contribution is 5.92. The maximum Gasteiger partial charge on any atom is 0.338 e. The second-order valence-corrected chi connectivity index (χ2v) is 2.65. The summed E-state index contributed by atoms with van der Waals surface area (Å²) >= 11 is 0. The van der Waals surface area contributed by atoms with E-state index in [1.807, 2.05) is 0 Å². The number of fused-ring (bicyclic) bond motifs is 1. The first kappa shape index (κ1) is 7.85. The molecule has 0 unspecified atom stereocenters. The molecule has 2 aliphatic rings. The Morgan fingerprint density at radius 1 is 1.62 bits per heavy atom. The van der Waals surface area contributed by atoms with E-state index in [0.29, 0.717) is 0 Å². The van der Waals surface area contributed by atoms with Crippen molar-refractivity contribution in [3.05, 3.63) is 35.3 Å². The Hall–Kier alpha value is -1.78. The van der Waals surface area contributed by atoms with Crippen LogP contribution in [0.1, 0.15) is 0 Å². The molecule has 0 spiro atoms. The van der Waals surface area contributed by atoms with E-state index in [-0.39, 0.29) is 11.1 Å². The third-order valence-electron chi connectivity index (χ3n) is 1.87. The van der Waals surface area contributed by atoms with Crippen LogP contribution in [0.5, 0.6) is 0 Å². The fraction of sp³-hybridized carbons (Fsp3) is 0.125. The van der Waals surface area contributed by atoms with Gasteiger partial charge in [-0.1, -0.05) is 6.08 Å². The highest BCUT2D eigenvalue weighted by Gasteiger charge is 2.27. The fourth-order valence-electron chi connectivity index (χ4n) is 1.22. The van der Waals surface area contributed by atoms with Crippen LogP contribution in [-0.4, -0.2) is 17.1 Å². The molecule has 0 saturated heterocycles. The summed E-state index contributed by atoms with van der Waals surface area (Å²) < 4.78 is 13.3. The summed E-state index contributed by atoms with van der Waals surface area (Å²) in [7, 11) is 0. The Balaban J connectivity index is 2.47. The Labute approximate surface area is 72.8 Å². The Bertz CT molecular complexity index is 393. The molecule has 1 aliphatic carbocycles. The van der Waals surface area contributed by atoms with Crippen molar-refractivity contribution < 1.29 is 14.3 Å². The van der Waals surface area contributed by atoms with Gasteiger partial charge in [0.15, 0.2) is 0 Å². The maximum atomic E-state index is 13.3. The normalized spacial score (nSPS) is 24.7. The summed E-state index contributed by atoms with van der Waals surface area (Å²) in [5.74, 6) is -2.02. The van der Waals surface area contributed by atoms with Gasteiger partial charge >= 0.3 is 5.97 Å². The largest absolute Gasteiger partial charge is 0.478 e. The van der Waals surface area contributed by atoms with Crippen molar-refractivity contribution in [2.45, 2.75) is 6.04 Å². The predicted molar refractivity (Wildman–Crippen MR) is 41.6 cm³/mol. The Morgan fingerprint density at radius 3 is 3.08 bits per heavy atom. The van der Waals surface area contributed by atoms with Crippen LogP contribution >= 0.6 is 0 Å². The molecule has 0 aromatic carbocycles. The third-order valence-corrected chi connectivity index (χ3v) is 1.87. The molecule has 0 saturated carbocycles. The van der Waals surface area contributed by atoms with Crippen LogP contribution in [0.15, 0.2) is 45.6 Å². The van der Waals surface area contributed by atoms with E-state index in [2.05, 4.69) is 10.2 Å². The number of carboxylic acids is 1. The summed E-state index contributed by atoms with van der Waals surface area (Å²) in [6.07, 6.45) is 3.96. The van der Waals surface area contributed by atoms with Crippen LogP contribution in [0, 0.1) is 0 Å². The number of aliphatic carboxylic acids is 1. The van der Waals surface area contributed by atoms with Gasteiger partial charge < -0.3 is 5.11 Å². The van der Waals surface area contributed by atoms with E-state index >= 15 is 0 Å². The lowest BCUT2D eigenvalue weighted by atomic mass is 9.98. The molecule has 1 N–H and O–H groups in total. The van der Waals surface area contributed by atoms with E-state index in [4.69, 9.17) is 5.11 Å². The second kappa shape index (κ2) is 2.62. The molecule has 0 fully saturated rings. The maximum absolute atomic E-state index is 13.3. The van der Waals surface area contributed by atoms with Gasteiger partial charge in [-0.3, -0.25) is 0 Å². The number of halogens is 1. The molecule has 66 valence electrons. The Kier molecular flexibility index (Phi) is 1.58. The molecular formula is C8H5FN2O2. The van der Waals surface area contributed by atoms with Crippen LogP contribution in [0.3, 0.4) is 0 Å². The molecule has 4 nitrogen and oxygen atoms in total. The zero-order valence-corrected chi connectivity index (χ0v) is 6.44. The molecule has 0 aromatic rings. The lowest BCUT2D eigenvalue weighted by Crippen LogP contribution is -2.12. The average Bonchev–Trinajstić information content (AvgIpc) is 2.52. The first-order chi connectivity index (χ1) is 6.20. The summed E-state index contributed by atoms with van der Waals surface area (Å²) in [6.45, 7) is 0. The summed E-state index contributed by atoms with van der Waals surface area (Å²) in [4.78, 5) is 10.5. The van der Waals surface area contributed by atoms with Gasteiger partial charge in [0.05, 0.1) is 11.8 Å². The summed E-state index contributed by atoms with van der Waals surface area (Å²) in [6, 6.07) is -0.442. The molecule has 0 bridgehead atoms. The number of nitrogens with zero attached hydrogens (tertiary/aromatic N) is 2. The number of rotatable bonds is 1. The SMILES string of the molecule is O=C(O)C1=C(F)C2=CN=N[C@@H]2C=C1. The fourth-order valence-corrected chi connectivity index (χ4v) is 1.22. The summed E-state index contributed by atoms with van der Waals surface area (Å²) in [5.41, 5.74) is -0.116. The van der Waals surface area contributed by atoms with Gasteiger partial charge in [0, 0.05) is 5.57 Å². The zero-order chi connectivity index (χ0) is 9.42. The van der Waals surface area contributed by atoms with Gasteiger partial charge in [-0.15, -0.1) is 0 Å². The number of hydrogen-bond donors (Lipinski definition) is 1. The number of carboxylic acid groups (broad SMARTS) is 1. The minimum atomic E-state index is -1.28. The monoisotopic (exact) mass is 180 g/mol. The first-order valence-corrected chi connectivity index (χ1v) is 3.62. The Morgan fingerprint density at radius 2 is 2.38 bits per heavy atom. The zero-order valence-electron chi connectivity index (χ0n) is 6.44. The molecule has 2 rings (SSSR count). The van der Waals surface area contributed by atoms with Crippen molar-refractivity contribution in [2.75, 3.05) is 0 Å². The average molecular weight is 180 g/mol. The van der Waals surface area contributed by atoms with Crippen molar-refractivity contribution in [2.24, 2.45) is 10.2 Å². The standard InChI is InChI=1S/C8H5FN2O2/c9-7-4(8(12)13)1-2-6-5(7)3-10-11-6/h1-3,6H,(H,12,13)/t6-/m1/s1. The minimum absolute atomic E-state index is 0.222. The van der Waals surface area contributed by atoms with Crippen LogP contribution in [-0.2, 0) is 4.79 Å². The van der Waals surface area contributed by atoms with Crippen LogP contribution in [0.4, 0.5) is 4.39 Å². The van der Waals surface area contributed by atoms with Crippen LogP contribution in [0.25, 0.3) is 0 Å². The van der Waals surface area contributed by atoms with Gasteiger partial charge in [-0.2, -0.15) is 10.2 Å². The van der Waals surface area contributed by atoms with E-state index in [1.54, 1.807) is 0 Å². The molecular weight excluding hydrogens is 175 g/mol. The summed E-state index contributed by atoms with van der Waals surface area (Å²) in [5, 5.41) is 15.8. The highest BCUT2D eigenvalue weighted by atomic mass is 19.1. The quantitative estimate of drug-likeness (QED) is 0.665. The van der Waals surface area contributed by atoms with Gasteiger partial charge in [0.2, 0.25) is 0 Å². The van der Waals surface area contributed by atoms with Crippen LogP contribution < -0.4 is 0 Å². The lowest BCUT2D eigenvalue weighted by molar-refractivity contribution is -0.132. The van der Waals surface area contributed by atoms with Gasteiger partial charge in [-0.25, -0.2) is 9.18 Å². The molecule has 1 aliphatic heterocycles. The van der Waals surface area contributed by atoms with Crippen molar-refractivity contribution >= 4 is 5.97 Å². The van der Waals surface area contributed by atoms with Crippen molar-refractivity contribution in [3.8, 4) is 0 Å². The number of azo groups is 1. The topological polar surface area (TPSA) is 62.0 Å². The van der Waals surface area contributed by atoms with Gasteiger partial charge in [0.1, 0.15) is 11.9 Å². The molecule has 1 heterocycles.